The van der Waals surface area contributed by atoms with Crippen LogP contribution in [0.15, 0.2) is 11.0 Å². The second-order valence-corrected chi connectivity index (χ2v) is 1.66. The fourth-order valence-corrected chi connectivity index (χ4v) is 0.524. The fraction of sp³-hybridized carbons (Fsp3) is 0. The Hall–Kier alpha value is -1.56. The van der Waals surface area contributed by atoms with Crippen LogP contribution < -0.4 is 22.7 Å². The van der Waals surface area contributed by atoms with E-state index in [9.17, 15) is 4.79 Å². The lowest BCUT2D eigenvalue weighted by molar-refractivity contribution is 1.07. The van der Waals surface area contributed by atoms with Gasteiger partial charge in [-0.15, -0.1) is 0 Å². The molecule has 1 aromatic rings. The Bertz CT molecular complexity index is 279. The molecule has 6 N–H and O–H groups in total. The summed E-state index contributed by atoms with van der Waals surface area (Å²) in [5.41, 5.74) is 7.36. The Morgan fingerprint density at radius 3 is 2.90 bits per heavy atom. The van der Waals surface area contributed by atoms with Gasteiger partial charge < -0.3 is 11.2 Å². The topological polar surface area (TPSA) is 110 Å². The van der Waals surface area contributed by atoms with E-state index in [2.05, 4.69) is 15.4 Å². The van der Waals surface area contributed by atoms with Gasteiger partial charge in [-0.2, -0.15) is 4.98 Å². The number of hydrogen-bond donors (Lipinski definition) is 4. The summed E-state index contributed by atoms with van der Waals surface area (Å²) in [4.78, 5) is 16.1. The van der Waals surface area contributed by atoms with E-state index in [1.54, 1.807) is 0 Å². The summed E-state index contributed by atoms with van der Waals surface area (Å²) >= 11 is 0. The minimum absolute atomic E-state index is 0.278. The molecule has 10 heavy (non-hydrogen) atoms. The van der Waals surface area contributed by atoms with Gasteiger partial charge in [0.25, 0.3) is 0 Å². The highest BCUT2D eigenvalue weighted by atomic mass is 16.1. The number of nitrogens with zero attached hydrogens (tertiary/aromatic N) is 1. The molecule has 6 nitrogen and oxygen atoms in total. The van der Waals surface area contributed by atoms with Crippen LogP contribution in [-0.4, -0.2) is 9.97 Å². The highest BCUT2D eigenvalue weighted by molar-refractivity contribution is 5.57. The van der Waals surface area contributed by atoms with Crippen molar-refractivity contribution in [1.29, 1.82) is 0 Å². The first kappa shape index (κ1) is 6.56. The zero-order valence-electron chi connectivity index (χ0n) is 5.09. The Morgan fingerprint density at radius 1 is 1.70 bits per heavy atom. The number of nitrogen functional groups attached to an aromatic ring is 2. The molecule has 1 rings (SSSR count). The van der Waals surface area contributed by atoms with E-state index < -0.39 is 5.69 Å². The van der Waals surface area contributed by atoms with Crippen LogP contribution >= 0.6 is 0 Å². The number of hydrogen-bond acceptors (Lipinski definition) is 5. The monoisotopic (exact) mass is 141 g/mol. The second kappa shape index (κ2) is 2.36. The van der Waals surface area contributed by atoms with Crippen LogP contribution in [0.1, 0.15) is 0 Å². The molecule has 0 amide bonds. The van der Waals surface area contributed by atoms with Crippen LogP contribution in [0.3, 0.4) is 0 Å². The molecule has 1 heterocycles. The van der Waals surface area contributed by atoms with Crippen LogP contribution in [-0.2, 0) is 0 Å². The lowest BCUT2D eigenvalue weighted by atomic mass is 10.5. The summed E-state index contributed by atoms with van der Waals surface area (Å²) in [6.07, 6.45) is 1.23. The molecule has 0 radical (unpaired) electrons. The van der Waals surface area contributed by atoms with Gasteiger partial charge in [0, 0.05) is 0 Å². The first-order valence-corrected chi connectivity index (χ1v) is 2.55. The zero-order valence-corrected chi connectivity index (χ0v) is 5.09. The zero-order chi connectivity index (χ0) is 7.56. The van der Waals surface area contributed by atoms with Crippen LogP contribution in [0.5, 0.6) is 0 Å². The molecular weight excluding hydrogens is 134 g/mol. The van der Waals surface area contributed by atoms with Gasteiger partial charge in [-0.1, -0.05) is 0 Å². The minimum Gasteiger partial charge on any atom is -0.394 e. The lowest BCUT2D eigenvalue weighted by Crippen LogP contribution is -2.18. The van der Waals surface area contributed by atoms with Crippen LogP contribution in [0, 0.1) is 0 Å². The molecule has 0 fully saturated rings. The van der Waals surface area contributed by atoms with Crippen molar-refractivity contribution >= 4 is 11.5 Å². The molecule has 0 saturated carbocycles. The van der Waals surface area contributed by atoms with Crippen molar-refractivity contribution in [3.63, 3.8) is 0 Å². The predicted molar refractivity (Wildman–Crippen MR) is 37.1 cm³/mol. The smallest absolute Gasteiger partial charge is 0.346 e. The number of H-pyrrole nitrogens is 1. The highest BCUT2D eigenvalue weighted by Crippen LogP contribution is 2.06. The molecule has 0 spiro atoms. The molecule has 0 aromatic carbocycles. The Labute approximate surface area is 56.2 Å². The van der Waals surface area contributed by atoms with Gasteiger partial charge in [0.15, 0.2) is 0 Å². The highest BCUT2D eigenvalue weighted by Gasteiger charge is 1.95. The van der Waals surface area contributed by atoms with E-state index in [0.29, 0.717) is 5.69 Å². The van der Waals surface area contributed by atoms with Crippen molar-refractivity contribution in [3.8, 4) is 0 Å². The molecule has 0 aliphatic rings. The third-order valence-electron chi connectivity index (χ3n) is 0.986. The molecule has 0 unspecified atom stereocenters. The van der Waals surface area contributed by atoms with Gasteiger partial charge in [0.2, 0.25) is 0 Å². The molecule has 1 aromatic heterocycles. The number of aromatic nitrogens is 2. The third kappa shape index (κ3) is 1.06. The normalized spacial score (nSPS) is 9.30. The Balaban J connectivity index is 3.22. The van der Waals surface area contributed by atoms with E-state index in [4.69, 9.17) is 11.6 Å². The van der Waals surface area contributed by atoms with Gasteiger partial charge in [0.05, 0.1) is 11.9 Å². The number of aromatic amines is 1. The summed E-state index contributed by atoms with van der Waals surface area (Å²) < 4.78 is 0. The maximum atomic E-state index is 10.5. The first-order valence-electron chi connectivity index (χ1n) is 2.55. The lowest BCUT2D eigenvalue weighted by Gasteiger charge is -2.00. The quantitative estimate of drug-likeness (QED) is 0.285. The number of hydrazine groups is 1. The molecule has 0 saturated heterocycles. The molecule has 0 aliphatic carbocycles. The second-order valence-electron chi connectivity index (χ2n) is 1.66. The summed E-state index contributed by atoms with van der Waals surface area (Å²) in [6.45, 7) is 0. The SMILES string of the molecule is NNc1[nH]c(=O)ncc1N. The molecule has 0 bridgehead atoms. The van der Waals surface area contributed by atoms with Crippen LogP contribution in [0.2, 0.25) is 0 Å². The van der Waals surface area contributed by atoms with E-state index in [1.807, 2.05) is 0 Å². The average molecular weight is 141 g/mol. The Morgan fingerprint density at radius 2 is 2.40 bits per heavy atom. The standard InChI is InChI=1S/C4H7N5O/c5-2-1-7-4(10)8-3(2)9-6/h1H,5-6H2,(H2,7,8,9,10). The van der Waals surface area contributed by atoms with Gasteiger partial charge >= 0.3 is 5.69 Å². The van der Waals surface area contributed by atoms with Crippen molar-refractivity contribution < 1.29 is 0 Å². The number of nitrogens with one attached hydrogen (secondary N) is 2. The average Bonchev–Trinajstić information content (AvgIpc) is 1.94. The van der Waals surface area contributed by atoms with Gasteiger partial charge in [-0.3, -0.25) is 4.98 Å². The van der Waals surface area contributed by atoms with Crippen molar-refractivity contribution in [2.75, 3.05) is 11.2 Å². The van der Waals surface area contributed by atoms with E-state index in [0.717, 1.165) is 0 Å². The third-order valence-corrected chi connectivity index (χ3v) is 0.986. The molecule has 0 aliphatic heterocycles. The summed E-state index contributed by atoms with van der Waals surface area (Å²) in [6, 6.07) is 0. The number of anilines is 2. The van der Waals surface area contributed by atoms with E-state index in [-0.39, 0.29) is 5.82 Å². The molecule has 6 heteroatoms. The number of nitrogens with two attached hydrogens (primary N) is 2. The van der Waals surface area contributed by atoms with Gasteiger partial charge in [-0.25, -0.2) is 10.6 Å². The van der Waals surface area contributed by atoms with Crippen LogP contribution in [0.4, 0.5) is 11.5 Å². The van der Waals surface area contributed by atoms with E-state index in [1.165, 1.54) is 6.20 Å². The molecular formula is C4H7N5O. The summed E-state index contributed by atoms with van der Waals surface area (Å²) in [5.74, 6) is 5.27. The summed E-state index contributed by atoms with van der Waals surface area (Å²) in [5, 5.41) is 0. The van der Waals surface area contributed by atoms with Crippen molar-refractivity contribution in [3.05, 3.63) is 16.7 Å². The van der Waals surface area contributed by atoms with Crippen molar-refractivity contribution in [1.82, 2.24) is 9.97 Å². The van der Waals surface area contributed by atoms with E-state index >= 15 is 0 Å². The number of rotatable bonds is 1. The maximum Gasteiger partial charge on any atom is 0.346 e. The predicted octanol–water partition coefficient (Wildman–Crippen LogP) is -1.36. The fourth-order valence-electron chi connectivity index (χ4n) is 0.524. The summed E-state index contributed by atoms with van der Waals surface area (Å²) in [7, 11) is 0. The minimum atomic E-state index is -0.484. The Kier molecular flexibility index (Phi) is 1.55. The molecule has 54 valence electrons. The van der Waals surface area contributed by atoms with Crippen molar-refractivity contribution in [2.45, 2.75) is 0 Å². The van der Waals surface area contributed by atoms with Crippen LogP contribution in [0.25, 0.3) is 0 Å². The largest absolute Gasteiger partial charge is 0.394 e. The van der Waals surface area contributed by atoms with Crippen molar-refractivity contribution in [2.24, 2.45) is 5.84 Å². The van der Waals surface area contributed by atoms with Gasteiger partial charge in [0.1, 0.15) is 5.82 Å². The first-order chi connectivity index (χ1) is 4.74. The molecule has 0 atom stereocenters. The maximum absolute atomic E-state index is 10.5. The van der Waals surface area contributed by atoms with Gasteiger partial charge in [-0.05, 0) is 0 Å².